The van der Waals surface area contributed by atoms with Gasteiger partial charge in [-0.15, -0.1) is 11.3 Å². The zero-order chi connectivity index (χ0) is 9.59. The first-order valence-corrected chi connectivity index (χ1v) is 5.23. The van der Waals surface area contributed by atoms with Crippen molar-refractivity contribution in [3.05, 3.63) is 16.3 Å². The van der Waals surface area contributed by atoms with E-state index in [1.165, 1.54) is 10.4 Å². The SMILES string of the molecule is Cc1nc([S-])c2c(C)c(C)sc2n1. The highest BCUT2D eigenvalue weighted by Gasteiger charge is 2.06. The smallest absolute Gasteiger partial charge is 0.125 e. The van der Waals surface area contributed by atoms with Crippen LogP contribution in [0.25, 0.3) is 10.2 Å². The van der Waals surface area contributed by atoms with Gasteiger partial charge >= 0.3 is 0 Å². The fourth-order valence-corrected chi connectivity index (χ4v) is 2.84. The second-order valence-corrected chi connectivity index (χ2v) is 4.63. The predicted molar refractivity (Wildman–Crippen MR) is 57.3 cm³/mol. The molecule has 0 aromatic carbocycles. The van der Waals surface area contributed by atoms with Gasteiger partial charge in [0.15, 0.2) is 0 Å². The Bertz CT molecular complexity index is 474. The largest absolute Gasteiger partial charge is 0.759 e. The highest BCUT2D eigenvalue weighted by atomic mass is 32.1. The quantitative estimate of drug-likeness (QED) is 0.492. The summed E-state index contributed by atoms with van der Waals surface area (Å²) in [4.78, 5) is 10.8. The highest BCUT2D eigenvalue weighted by molar-refractivity contribution is 7.59. The Morgan fingerprint density at radius 2 is 1.85 bits per heavy atom. The van der Waals surface area contributed by atoms with Gasteiger partial charge in [-0.2, -0.15) is 0 Å². The summed E-state index contributed by atoms with van der Waals surface area (Å²) in [6.45, 7) is 6.04. The van der Waals surface area contributed by atoms with Crippen molar-refractivity contribution in [1.29, 1.82) is 0 Å². The molecule has 0 atom stereocenters. The van der Waals surface area contributed by atoms with Crippen molar-refractivity contribution < 1.29 is 0 Å². The summed E-state index contributed by atoms with van der Waals surface area (Å²) >= 11 is 6.89. The summed E-state index contributed by atoms with van der Waals surface area (Å²) in [5.74, 6) is 0.763. The standard InChI is InChI=1S/C9H10N2S2/c1-4-5(2)13-9-7(4)8(12)10-6(3)11-9/h1-3H3,(H,10,11,12)/p-1. The van der Waals surface area contributed by atoms with E-state index in [0.29, 0.717) is 5.03 Å². The lowest BCUT2D eigenvalue weighted by Gasteiger charge is -2.07. The molecule has 2 rings (SSSR count). The van der Waals surface area contributed by atoms with Gasteiger partial charge in [0.05, 0.1) is 0 Å². The summed E-state index contributed by atoms with van der Waals surface area (Å²) in [5.41, 5.74) is 1.23. The van der Waals surface area contributed by atoms with Gasteiger partial charge in [-0.3, -0.25) is 4.98 Å². The third kappa shape index (κ3) is 1.30. The molecule has 0 N–H and O–H groups in total. The average Bonchev–Trinajstić information content (AvgIpc) is 2.27. The molecule has 13 heavy (non-hydrogen) atoms. The van der Waals surface area contributed by atoms with Crippen LogP contribution in [0.15, 0.2) is 5.03 Å². The van der Waals surface area contributed by atoms with Crippen LogP contribution in [0.2, 0.25) is 0 Å². The number of nitrogens with zero attached hydrogens (tertiary/aromatic N) is 2. The molecule has 4 heteroatoms. The molecule has 0 saturated heterocycles. The van der Waals surface area contributed by atoms with Gasteiger partial charge in [0, 0.05) is 10.3 Å². The summed E-state index contributed by atoms with van der Waals surface area (Å²) in [5, 5.41) is 1.74. The number of aryl methyl sites for hydroxylation is 3. The van der Waals surface area contributed by atoms with Crippen LogP contribution in [0, 0.1) is 20.8 Å². The molecule has 0 aliphatic carbocycles. The molecule has 0 fully saturated rings. The van der Waals surface area contributed by atoms with Gasteiger partial charge in [0.1, 0.15) is 10.7 Å². The summed E-state index contributed by atoms with van der Waals surface area (Å²) in [6.07, 6.45) is 0. The van der Waals surface area contributed by atoms with E-state index in [-0.39, 0.29) is 0 Å². The fourth-order valence-electron chi connectivity index (χ4n) is 1.31. The number of hydrogen-bond acceptors (Lipinski definition) is 4. The van der Waals surface area contributed by atoms with Crippen LogP contribution in [-0.4, -0.2) is 9.97 Å². The van der Waals surface area contributed by atoms with E-state index in [9.17, 15) is 0 Å². The molecule has 2 aromatic heterocycles. The van der Waals surface area contributed by atoms with Gasteiger partial charge in [-0.25, -0.2) is 4.98 Å². The highest BCUT2D eigenvalue weighted by Crippen LogP contribution is 2.30. The van der Waals surface area contributed by atoms with Crippen LogP contribution in [0.1, 0.15) is 16.3 Å². The Kier molecular flexibility index (Phi) is 1.96. The van der Waals surface area contributed by atoms with Crippen molar-refractivity contribution >= 4 is 34.2 Å². The van der Waals surface area contributed by atoms with E-state index in [1.807, 2.05) is 6.92 Å². The van der Waals surface area contributed by atoms with Crippen molar-refractivity contribution in [2.24, 2.45) is 0 Å². The van der Waals surface area contributed by atoms with E-state index in [4.69, 9.17) is 12.6 Å². The summed E-state index contributed by atoms with van der Waals surface area (Å²) in [7, 11) is 0. The first-order valence-electron chi connectivity index (χ1n) is 4.01. The maximum Gasteiger partial charge on any atom is 0.125 e. The average molecular weight is 209 g/mol. The maximum absolute atomic E-state index is 5.20. The fraction of sp³-hybridized carbons (Fsp3) is 0.333. The molecule has 0 spiro atoms. The molecule has 0 radical (unpaired) electrons. The lowest BCUT2D eigenvalue weighted by atomic mass is 10.2. The lowest BCUT2D eigenvalue weighted by Crippen LogP contribution is -1.90. The van der Waals surface area contributed by atoms with Crippen LogP contribution < -0.4 is 0 Å². The van der Waals surface area contributed by atoms with Crippen LogP contribution in [0.3, 0.4) is 0 Å². The Balaban J connectivity index is 2.94. The molecule has 2 heterocycles. The molecule has 0 amide bonds. The lowest BCUT2D eigenvalue weighted by molar-refractivity contribution is 1.02. The van der Waals surface area contributed by atoms with Gasteiger partial charge in [0.25, 0.3) is 0 Å². The molecular weight excluding hydrogens is 200 g/mol. The number of rotatable bonds is 0. The molecule has 0 bridgehead atoms. The minimum Gasteiger partial charge on any atom is -0.759 e. The van der Waals surface area contributed by atoms with Crippen LogP contribution in [-0.2, 0) is 12.6 Å². The van der Waals surface area contributed by atoms with E-state index < -0.39 is 0 Å². The van der Waals surface area contributed by atoms with Crippen molar-refractivity contribution in [2.75, 3.05) is 0 Å². The van der Waals surface area contributed by atoms with E-state index in [1.54, 1.807) is 11.3 Å². The van der Waals surface area contributed by atoms with Gasteiger partial charge < -0.3 is 12.6 Å². The third-order valence-electron chi connectivity index (χ3n) is 2.11. The second kappa shape index (κ2) is 2.89. The predicted octanol–water partition coefficient (Wildman–Crippen LogP) is 2.52. The minimum absolute atomic E-state index is 0.685. The van der Waals surface area contributed by atoms with Crippen LogP contribution >= 0.6 is 11.3 Å². The number of hydrogen-bond donors (Lipinski definition) is 0. The topological polar surface area (TPSA) is 25.8 Å². The zero-order valence-corrected chi connectivity index (χ0v) is 9.34. The number of aromatic nitrogens is 2. The maximum atomic E-state index is 5.20. The van der Waals surface area contributed by atoms with Crippen molar-refractivity contribution in [1.82, 2.24) is 9.97 Å². The first kappa shape index (κ1) is 8.84. The Morgan fingerprint density at radius 1 is 1.15 bits per heavy atom. The molecule has 0 unspecified atom stereocenters. The second-order valence-electron chi connectivity index (χ2n) is 3.04. The van der Waals surface area contributed by atoms with Crippen molar-refractivity contribution in [3.63, 3.8) is 0 Å². The molecular formula is C9H9N2S2-. The third-order valence-corrected chi connectivity index (χ3v) is 3.50. The molecule has 2 nitrogen and oxygen atoms in total. The van der Waals surface area contributed by atoms with Crippen molar-refractivity contribution in [2.45, 2.75) is 25.8 Å². The Labute approximate surface area is 86.4 Å². The Morgan fingerprint density at radius 3 is 2.54 bits per heavy atom. The van der Waals surface area contributed by atoms with Gasteiger partial charge in [0.2, 0.25) is 0 Å². The molecule has 0 saturated carbocycles. The number of thiophene rings is 1. The van der Waals surface area contributed by atoms with E-state index in [2.05, 4.69) is 23.8 Å². The minimum atomic E-state index is 0.685. The Hall–Kier alpha value is -0.740. The number of fused-ring (bicyclic) bond motifs is 1. The summed E-state index contributed by atoms with van der Waals surface area (Å²) < 4.78 is 0. The zero-order valence-electron chi connectivity index (χ0n) is 7.71. The van der Waals surface area contributed by atoms with Gasteiger partial charge in [-0.1, -0.05) is 5.03 Å². The monoisotopic (exact) mass is 209 g/mol. The van der Waals surface area contributed by atoms with Crippen LogP contribution in [0.4, 0.5) is 0 Å². The van der Waals surface area contributed by atoms with Gasteiger partial charge in [-0.05, 0) is 26.3 Å². The molecule has 68 valence electrons. The first-order chi connectivity index (χ1) is 6.09. The molecule has 0 aliphatic rings. The summed E-state index contributed by atoms with van der Waals surface area (Å²) in [6, 6.07) is 0. The van der Waals surface area contributed by atoms with Crippen molar-refractivity contribution in [3.8, 4) is 0 Å². The molecule has 2 aromatic rings. The normalized spacial score (nSPS) is 11.0. The van der Waals surface area contributed by atoms with E-state index in [0.717, 1.165) is 16.0 Å². The molecule has 0 aliphatic heterocycles. The van der Waals surface area contributed by atoms with Crippen LogP contribution in [0.5, 0.6) is 0 Å². The van der Waals surface area contributed by atoms with E-state index >= 15 is 0 Å².